The predicted molar refractivity (Wildman–Crippen MR) is 80.6 cm³/mol. The van der Waals surface area contributed by atoms with E-state index in [0.29, 0.717) is 39.1 Å². The third kappa shape index (κ3) is 4.60. The number of sulfonamides is 1. The van der Waals surface area contributed by atoms with Crippen LogP contribution in [0.1, 0.15) is 19.3 Å². The van der Waals surface area contributed by atoms with Crippen molar-refractivity contribution >= 4 is 20.2 Å². The van der Waals surface area contributed by atoms with Crippen molar-refractivity contribution in [3.8, 4) is 0 Å². The lowest BCUT2D eigenvalue weighted by Crippen LogP contribution is -2.57. The molecule has 0 aromatic heterocycles. The molecule has 2 N–H and O–H groups in total. The fourth-order valence-corrected chi connectivity index (χ4v) is 5.11. The normalized spacial score (nSPS) is 26.8. The molecule has 0 spiro atoms. The zero-order valence-corrected chi connectivity index (χ0v) is 13.9. The molecule has 2 fully saturated rings. The molecule has 2 aliphatic heterocycles. The highest BCUT2D eigenvalue weighted by atomic mass is 32.2. The second-order valence-electron chi connectivity index (χ2n) is 5.54. The van der Waals surface area contributed by atoms with Gasteiger partial charge in [0.2, 0.25) is 10.0 Å². The van der Waals surface area contributed by atoms with Crippen LogP contribution in [-0.2, 0) is 20.2 Å². The summed E-state index contributed by atoms with van der Waals surface area (Å²) in [6, 6.07) is -0.298. The van der Waals surface area contributed by atoms with E-state index in [9.17, 15) is 16.8 Å². The Kier molecular flexibility index (Phi) is 5.60. The summed E-state index contributed by atoms with van der Waals surface area (Å²) in [4.78, 5) is 0. The molecule has 0 amide bonds. The minimum atomic E-state index is -3.51. The fraction of sp³-hybridized carbons (Fsp3) is 1.00. The van der Waals surface area contributed by atoms with E-state index in [4.69, 9.17) is 0 Å². The summed E-state index contributed by atoms with van der Waals surface area (Å²) in [5.74, 6) is 0. The Labute approximate surface area is 127 Å². The van der Waals surface area contributed by atoms with Crippen LogP contribution < -0.4 is 10.0 Å². The minimum absolute atomic E-state index is 0.143. The first kappa shape index (κ1) is 17.1. The highest BCUT2D eigenvalue weighted by molar-refractivity contribution is 7.88. The highest BCUT2D eigenvalue weighted by Crippen LogP contribution is 2.22. The van der Waals surface area contributed by atoms with Crippen LogP contribution in [0.4, 0.5) is 0 Å². The van der Waals surface area contributed by atoms with E-state index in [1.807, 2.05) is 0 Å². The van der Waals surface area contributed by atoms with Crippen molar-refractivity contribution < 1.29 is 16.8 Å². The second-order valence-corrected chi connectivity index (χ2v) is 9.25. The van der Waals surface area contributed by atoms with E-state index in [1.54, 1.807) is 0 Å². The number of piperidine rings is 1. The van der Waals surface area contributed by atoms with Crippen molar-refractivity contribution in [2.45, 2.75) is 25.3 Å². The zero-order valence-electron chi connectivity index (χ0n) is 12.3. The number of hydrogen-bond donors (Lipinski definition) is 2. The van der Waals surface area contributed by atoms with Gasteiger partial charge >= 0.3 is 0 Å². The molecule has 0 aromatic rings. The largest absolute Gasteiger partial charge is 0.314 e. The van der Waals surface area contributed by atoms with E-state index in [0.717, 1.165) is 19.1 Å². The summed E-state index contributed by atoms with van der Waals surface area (Å²) >= 11 is 0. The Hall–Kier alpha value is -0.260. The summed E-state index contributed by atoms with van der Waals surface area (Å²) in [7, 11) is -6.82. The number of piperazine rings is 1. The fourth-order valence-electron chi connectivity index (χ4n) is 2.75. The van der Waals surface area contributed by atoms with Gasteiger partial charge in [0, 0.05) is 45.3 Å². The third-order valence-corrected chi connectivity index (χ3v) is 6.64. The first-order chi connectivity index (χ1) is 9.81. The van der Waals surface area contributed by atoms with E-state index >= 15 is 0 Å². The molecule has 2 saturated heterocycles. The zero-order chi connectivity index (χ0) is 15.5. The van der Waals surface area contributed by atoms with Gasteiger partial charge in [0.15, 0.2) is 0 Å². The van der Waals surface area contributed by atoms with Crippen LogP contribution in [0.5, 0.6) is 0 Å². The molecule has 8 nitrogen and oxygen atoms in total. The Bertz CT molecular complexity index is 543. The summed E-state index contributed by atoms with van der Waals surface area (Å²) < 4.78 is 53.3. The molecular weight excluding hydrogens is 316 g/mol. The summed E-state index contributed by atoms with van der Waals surface area (Å²) in [5, 5.41) is 3.13. The van der Waals surface area contributed by atoms with Crippen molar-refractivity contribution in [2.24, 2.45) is 0 Å². The highest BCUT2D eigenvalue weighted by Gasteiger charge is 2.37. The SMILES string of the molecule is CS(=O)(=O)NCC1CCCCN1S(=O)(=O)N1CCNCC1. The number of rotatable bonds is 5. The van der Waals surface area contributed by atoms with Gasteiger partial charge < -0.3 is 5.32 Å². The van der Waals surface area contributed by atoms with Crippen molar-refractivity contribution in [1.29, 1.82) is 0 Å². The predicted octanol–water partition coefficient (Wildman–Crippen LogP) is -1.46. The average Bonchev–Trinajstić information content (AvgIpc) is 2.45. The van der Waals surface area contributed by atoms with Gasteiger partial charge in [-0.25, -0.2) is 13.1 Å². The summed E-state index contributed by atoms with van der Waals surface area (Å²) in [5.41, 5.74) is 0. The maximum Gasteiger partial charge on any atom is 0.282 e. The number of hydrogen-bond acceptors (Lipinski definition) is 5. The molecule has 0 radical (unpaired) electrons. The molecule has 124 valence electrons. The van der Waals surface area contributed by atoms with Crippen LogP contribution in [0.2, 0.25) is 0 Å². The standard InChI is InChI=1S/C11H24N4O4S2/c1-20(16,17)13-10-11-4-2-3-7-15(11)21(18,19)14-8-5-12-6-9-14/h11-13H,2-10H2,1H3. The van der Waals surface area contributed by atoms with E-state index in [-0.39, 0.29) is 12.6 Å². The quantitative estimate of drug-likeness (QED) is 0.637. The maximum absolute atomic E-state index is 12.7. The maximum atomic E-state index is 12.7. The molecule has 0 aromatic carbocycles. The van der Waals surface area contributed by atoms with Crippen LogP contribution in [0.3, 0.4) is 0 Å². The topological polar surface area (TPSA) is 98.8 Å². The molecule has 21 heavy (non-hydrogen) atoms. The van der Waals surface area contributed by atoms with Gasteiger partial charge in [0.1, 0.15) is 0 Å². The third-order valence-electron chi connectivity index (χ3n) is 3.85. The molecule has 1 atom stereocenters. The van der Waals surface area contributed by atoms with Gasteiger partial charge in [-0.3, -0.25) is 0 Å². The van der Waals surface area contributed by atoms with Gasteiger partial charge in [0.25, 0.3) is 10.2 Å². The van der Waals surface area contributed by atoms with Gasteiger partial charge in [-0.05, 0) is 12.8 Å². The van der Waals surface area contributed by atoms with Crippen LogP contribution in [0, 0.1) is 0 Å². The molecule has 0 aliphatic carbocycles. The Balaban J connectivity index is 2.09. The van der Waals surface area contributed by atoms with Crippen molar-refractivity contribution in [3.05, 3.63) is 0 Å². The van der Waals surface area contributed by atoms with E-state index in [2.05, 4.69) is 10.0 Å². The monoisotopic (exact) mass is 340 g/mol. The van der Waals surface area contributed by atoms with Crippen molar-refractivity contribution in [3.63, 3.8) is 0 Å². The average molecular weight is 340 g/mol. The molecule has 0 bridgehead atoms. The van der Waals surface area contributed by atoms with E-state index < -0.39 is 20.2 Å². The lowest BCUT2D eigenvalue weighted by atomic mass is 10.1. The molecule has 2 rings (SSSR count). The molecule has 1 unspecified atom stereocenters. The second kappa shape index (κ2) is 6.88. The Morgan fingerprint density at radius 3 is 2.38 bits per heavy atom. The lowest BCUT2D eigenvalue weighted by molar-refractivity contribution is 0.226. The minimum Gasteiger partial charge on any atom is -0.314 e. The van der Waals surface area contributed by atoms with Gasteiger partial charge in [-0.15, -0.1) is 0 Å². The van der Waals surface area contributed by atoms with Gasteiger partial charge in [-0.1, -0.05) is 6.42 Å². The number of nitrogens with zero attached hydrogens (tertiary/aromatic N) is 2. The van der Waals surface area contributed by atoms with Gasteiger partial charge in [-0.2, -0.15) is 17.0 Å². The smallest absolute Gasteiger partial charge is 0.282 e. The summed E-state index contributed by atoms with van der Waals surface area (Å²) in [6.07, 6.45) is 3.52. The van der Waals surface area contributed by atoms with E-state index in [1.165, 1.54) is 8.61 Å². The first-order valence-corrected chi connectivity index (χ1v) is 10.5. The number of nitrogens with one attached hydrogen (secondary N) is 2. The van der Waals surface area contributed by atoms with Crippen LogP contribution in [-0.4, -0.2) is 77.0 Å². The first-order valence-electron chi connectivity index (χ1n) is 7.23. The Morgan fingerprint density at radius 1 is 1.10 bits per heavy atom. The van der Waals surface area contributed by atoms with Crippen molar-refractivity contribution in [2.75, 3.05) is 45.5 Å². The van der Waals surface area contributed by atoms with Gasteiger partial charge in [0.05, 0.1) is 6.26 Å². The van der Waals surface area contributed by atoms with Crippen LogP contribution in [0.25, 0.3) is 0 Å². The van der Waals surface area contributed by atoms with Crippen LogP contribution in [0.15, 0.2) is 0 Å². The molecule has 2 heterocycles. The summed E-state index contributed by atoms with van der Waals surface area (Å²) in [6.45, 7) is 2.83. The lowest BCUT2D eigenvalue weighted by Gasteiger charge is -2.39. The molecule has 2 aliphatic rings. The molecule has 0 saturated carbocycles. The van der Waals surface area contributed by atoms with Crippen LogP contribution >= 0.6 is 0 Å². The molecular formula is C11H24N4O4S2. The van der Waals surface area contributed by atoms with Crippen molar-refractivity contribution in [1.82, 2.24) is 18.6 Å². The Morgan fingerprint density at radius 2 is 1.76 bits per heavy atom. The molecule has 10 heteroatoms.